The molecule has 0 radical (unpaired) electrons. The summed E-state index contributed by atoms with van der Waals surface area (Å²) in [7, 11) is 0. The third-order valence-corrected chi connectivity index (χ3v) is 4.03. The number of hydrogen-bond donors (Lipinski definition) is 0. The Labute approximate surface area is 130 Å². The van der Waals surface area contributed by atoms with Crippen LogP contribution < -0.4 is 4.90 Å². The van der Waals surface area contributed by atoms with Crippen molar-refractivity contribution in [3.8, 4) is 5.69 Å². The van der Waals surface area contributed by atoms with Gasteiger partial charge in [-0.05, 0) is 30.7 Å². The van der Waals surface area contributed by atoms with E-state index in [-0.39, 0.29) is 5.91 Å². The molecule has 6 heteroatoms. The van der Waals surface area contributed by atoms with Gasteiger partial charge in [0.1, 0.15) is 12.7 Å². The van der Waals surface area contributed by atoms with Crippen molar-refractivity contribution < 1.29 is 4.79 Å². The van der Waals surface area contributed by atoms with Crippen molar-refractivity contribution in [1.82, 2.24) is 19.7 Å². The minimum Gasteiger partial charge on any atom is -0.368 e. The topological polar surface area (TPSA) is 54.3 Å². The maximum atomic E-state index is 11.9. The average molecular weight is 299 g/mol. The smallest absolute Gasteiger partial charge is 0.222 e. The second kappa shape index (κ2) is 6.60. The zero-order valence-electron chi connectivity index (χ0n) is 12.9. The normalized spacial score (nSPS) is 15.1. The van der Waals surface area contributed by atoms with E-state index < -0.39 is 0 Å². The Hall–Kier alpha value is -2.37. The monoisotopic (exact) mass is 299 g/mol. The number of carbonyl (C=O) groups excluding carboxylic acids is 1. The summed E-state index contributed by atoms with van der Waals surface area (Å²) in [5.74, 6) is 0.283. The summed E-state index contributed by atoms with van der Waals surface area (Å²) in [6.45, 7) is 5.45. The number of nitrogens with zero attached hydrogens (tertiary/aromatic N) is 5. The highest BCUT2D eigenvalue weighted by molar-refractivity contribution is 5.76. The van der Waals surface area contributed by atoms with E-state index in [1.807, 2.05) is 16.4 Å². The van der Waals surface area contributed by atoms with Crippen molar-refractivity contribution in [2.45, 2.75) is 19.8 Å². The molecule has 0 atom stereocenters. The number of benzene rings is 1. The van der Waals surface area contributed by atoms with Gasteiger partial charge in [-0.15, -0.1) is 10.2 Å². The standard InChI is InChI=1S/C16H21N5O/c1-2-3-16(22)20-10-8-19(9-11-20)14-4-6-15(7-5-14)21-12-17-18-13-21/h4-7,12-13H,2-3,8-11H2,1H3. The molecule has 0 saturated carbocycles. The molecule has 1 fully saturated rings. The van der Waals surface area contributed by atoms with E-state index in [4.69, 9.17) is 0 Å². The van der Waals surface area contributed by atoms with Crippen LogP contribution in [-0.4, -0.2) is 51.8 Å². The zero-order valence-corrected chi connectivity index (χ0v) is 12.9. The van der Waals surface area contributed by atoms with Crippen LogP contribution in [-0.2, 0) is 4.79 Å². The van der Waals surface area contributed by atoms with Crippen LogP contribution >= 0.6 is 0 Å². The Balaban J connectivity index is 1.61. The molecule has 0 unspecified atom stereocenters. The van der Waals surface area contributed by atoms with Crippen molar-refractivity contribution in [3.63, 3.8) is 0 Å². The predicted molar refractivity (Wildman–Crippen MR) is 85.1 cm³/mol. The Morgan fingerprint density at radius 2 is 1.59 bits per heavy atom. The lowest BCUT2D eigenvalue weighted by Crippen LogP contribution is -2.48. The Kier molecular flexibility index (Phi) is 4.37. The molecule has 1 aromatic heterocycles. The summed E-state index contributed by atoms with van der Waals surface area (Å²) >= 11 is 0. The second-order valence-corrected chi connectivity index (χ2v) is 5.50. The number of piperazine rings is 1. The lowest BCUT2D eigenvalue weighted by atomic mass is 10.2. The summed E-state index contributed by atoms with van der Waals surface area (Å²) < 4.78 is 1.88. The molecule has 1 aliphatic rings. The molecule has 0 N–H and O–H groups in total. The van der Waals surface area contributed by atoms with Crippen molar-refractivity contribution in [2.75, 3.05) is 31.1 Å². The molecular formula is C16H21N5O. The number of hydrogen-bond acceptors (Lipinski definition) is 4. The molecule has 3 rings (SSSR count). The highest BCUT2D eigenvalue weighted by atomic mass is 16.2. The van der Waals surface area contributed by atoms with Crippen LogP contribution in [0.25, 0.3) is 5.69 Å². The fraction of sp³-hybridized carbons (Fsp3) is 0.438. The molecule has 22 heavy (non-hydrogen) atoms. The third kappa shape index (κ3) is 3.10. The van der Waals surface area contributed by atoms with Crippen molar-refractivity contribution in [2.24, 2.45) is 0 Å². The average Bonchev–Trinajstić information content (AvgIpc) is 3.10. The third-order valence-electron chi connectivity index (χ3n) is 4.03. The van der Waals surface area contributed by atoms with E-state index >= 15 is 0 Å². The van der Waals surface area contributed by atoms with Gasteiger partial charge >= 0.3 is 0 Å². The number of anilines is 1. The lowest BCUT2D eigenvalue weighted by molar-refractivity contribution is -0.131. The number of carbonyl (C=O) groups is 1. The number of amides is 1. The maximum absolute atomic E-state index is 11.9. The van der Waals surface area contributed by atoms with Gasteiger partial charge in [0, 0.05) is 44.0 Å². The highest BCUT2D eigenvalue weighted by Crippen LogP contribution is 2.19. The first-order valence-electron chi connectivity index (χ1n) is 7.75. The number of rotatable bonds is 4. The summed E-state index contributed by atoms with van der Waals surface area (Å²) in [5, 5.41) is 7.63. The first-order chi connectivity index (χ1) is 10.8. The second-order valence-electron chi connectivity index (χ2n) is 5.50. The van der Waals surface area contributed by atoms with Crippen LogP contribution in [0, 0.1) is 0 Å². The van der Waals surface area contributed by atoms with E-state index in [0.717, 1.165) is 38.3 Å². The van der Waals surface area contributed by atoms with Gasteiger partial charge in [-0.2, -0.15) is 0 Å². The molecule has 1 amide bonds. The SMILES string of the molecule is CCCC(=O)N1CCN(c2ccc(-n3cnnc3)cc2)CC1. The molecule has 0 spiro atoms. The van der Waals surface area contributed by atoms with E-state index in [9.17, 15) is 4.79 Å². The fourth-order valence-corrected chi connectivity index (χ4v) is 2.76. The van der Waals surface area contributed by atoms with Crippen LogP contribution in [0.2, 0.25) is 0 Å². The minimum absolute atomic E-state index is 0.283. The molecule has 0 bridgehead atoms. The summed E-state index contributed by atoms with van der Waals surface area (Å²) in [6, 6.07) is 8.35. The van der Waals surface area contributed by atoms with E-state index in [1.165, 1.54) is 5.69 Å². The fourth-order valence-electron chi connectivity index (χ4n) is 2.76. The molecule has 1 aromatic carbocycles. The molecule has 2 aromatic rings. The van der Waals surface area contributed by atoms with Gasteiger partial charge in [-0.1, -0.05) is 6.92 Å². The summed E-state index contributed by atoms with van der Waals surface area (Å²) in [4.78, 5) is 16.2. The van der Waals surface area contributed by atoms with Crippen LogP contribution in [0.1, 0.15) is 19.8 Å². The predicted octanol–water partition coefficient (Wildman–Crippen LogP) is 1.72. The van der Waals surface area contributed by atoms with Gasteiger partial charge < -0.3 is 9.80 Å². The van der Waals surface area contributed by atoms with Gasteiger partial charge in [0.2, 0.25) is 5.91 Å². The van der Waals surface area contributed by atoms with Crippen LogP contribution in [0.5, 0.6) is 0 Å². The first-order valence-corrected chi connectivity index (χ1v) is 7.75. The van der Waals surface area contributed by atoms with E-state index in [0.29, 0.717) is 6.42 Å². The molecule has 1 aliphatic heterocycles. The van der Waals surface area contributed by atoms with Crippen LogP contribution in [0.15, 0.2) is 36.9 Å². The number of aromatic nitrogens is 3. The van der Waals surface area contributed by atoms with Gasteiger partial charge in [0.25, 0.3) is 0 Å². The molecule has 2 heterocycles. The van der Waals surface area contributed by atoms with Gasteiger partial charge in [-0.3, -0.25) is 9.36 Å². The Morgan fingerprint density at radius 3 is 2.18 bits per heavy atom. The van der Waals surface area contributed by atoms with Gasteiger partial charge in [-0.25, -0.2) is 0 Å². The molecule has 1 saturated heterocycles. The van der Waals surface area contributed by atoms with E-state index in [1.54, 1.807) is 12.7 Å². The minimum atomic E-state index is 0.283. The molecular weight excluding hydrogens is 278 g/mol. The molecule has 0 aliphatic carbocycles. The highest BCUT2D eigenvalue weighted by Gasteiger charge is 2.20. The lowest BCUT2D eigenvalue weighted by Gasteiger charge is -2.36. The zero-order chi connectivity index (χ0) is 15.4. The van der Waals surface area contributed by atoms with E-state index in [2.05, 4.69) is 39.4 Å². The summed E-state index contributed by atoms with van der Waals surface area (Å²) in [5.41, 5.74) is 2.24. The Morgan fingerprint density at radius 1 is 1.00 bits per heavy atom. The van der Waals surface area contributed by atoms with Crippen molar-refractivity contribution in [3.05, 3.63) is 36.9 Å². The van der Waals surface area contributed by atoms with Crippen molar-refractivity contribution in [1.29, 1.82) is 0 Å². The van der Waals surface area contributed by atoms with Crippen molar-refractivity contribution >= 4 is 11.6 Å². The quantitative estimate of drug-likeness (QED) is 0.862. The largest absolute Gasteiger partial charge is 0.368 e. The molecule has 6 nitrogen and oxygen atoms in total. The maximum Gasteiger partial charge on any atom is 0.222 e. The van der Waals surface area contributed by atoms with Gasteiger partial charge in [0.05, 0.1) is 0 Å². The Bertz CT molecular complexity index is 600. The first kappa shape index (κ1) is 14.6. The van der Waals surface area contributed by atoms with Gasteiger partial charge in [0.15, 0.2) is 0 Å². The summed E-state index contributed by atoms with van der Waals surface area (Å²) in [6.07, 6.45) is 4.96. The van der Waals surface area contributed by atoms with Crippen LogP contribution in [0.4, 0.5) is 5.69 Å². The van der Waals surface area contributed by atoms with Crippen LogP contribution in [0.3, 0.4) is 0 Å². The molecule has 116 valence electrons.